The molecule has 1 N–H and O–H groups in total. The zero-order valence-corrected chi connectivity index (χ0v) is 11.6. The minimum absolute atomic E-state index is 0.158. The maximum absolute atomic E-state index is 12.5. The van der Waals surface area contributed by atoms with Crippen LogP contribution in [-0.4, -0.2) is 34.2 Å². The van der Waals surface area contributed by atoms with Crippen LogP contribution in [0.1, 0.15) is 36.5 Å². The van der Waals surface area contributed by atoms with Crippen molar-refractivity contribution in [1.82, 2.24) is 9.88 Å². The molecule has 3 rings (SSSR count). The van der Waals surface area contributed by atoms with Gasteiger partial charge in [-0.25, -0.2) is 0 Å². The van der Waals surface area contributed by atoms with Gasteiger partial charge in [0, 0.05) is 29.7 Å². The number of aromatic nitrogens is 1. The number of benzene rings is 1. The summed E-state index contributed by atoms with van der Waals surface area (Å²) < 4.78 is 0. The van der Waals surface area contributed by atoms with E-state index in [-0.39, 0.29) is 11.9 Å². The van der Waals surface area contributed by atoms with Gasteiger partial charge < -0.3 is 9.88 Å². The Morgan fingerprint density at radius 1 is 1.25 bits per heavy atom. The van der Waals surface area contributed by atoms with Gasteiger partial charge in [-0.05, 0) is 32.3 Å². The molecule has 1 atom stereocenters. The number of hydrogen-bond donors (Lipinski definition) is 1. The van der Waals surface area contributed by atoms with E-state index >= 15 is 0 Å². The maximum atomic E-state index is 12.5. The first kappa shape index (κ1) is 12.9. The SMILES string of the molecule is CC1CCCCN1C(=O)C(=O)c1c[nH]c2ccccc12. The Kier molecular flexibility index (Phi) is 3.30. The lowest BCUT2D eigenvalue weighted by Gasteiger charge is -2.32. The molecule has 1 aliphatic heterocycles. The lowest BCUT2D eigenvalue weighted by molar-refractivity contribution is -0.129. The first-order valence-corrected chi connectivity index (χ1v) is 7.10. The number of Topliss-reactive ketones (excluding diaryl/α,β-unsaturated/α-hetero) is 1. The number of carbonyl (C=O) groups excluding carboxylic acids is 2. The van der Waals surface area contributed by atoms with Crippen molar-refractivity contribution in [3.05, 3.63) is 36.0 Å². The van der Waals surface area contributed by atoms with E-state index in [1.807, 2.05) is 31.2 Å². The van der Waals surface area contributed by atoms with E-state index in [1.165, 1.54) is 0 Å². The van der Waals surface area contributed by atoms with Crippen LogP contribution in [0.3, 0.4) is 0 Å². The van der Waals surface area contributed by atoms with Crippen molar-refractivity contribution >= 4 is 22.6 Å². The predicted molar refractivity (Wildman–Crippen MR) is 77.7 cm³/mol. The molecule has 2 heterocycles. The van der Waals surface area contributed by atoms with Crippen molar-refractivity contribution < 1.29 is 9.59 Å². The number of H-pyrrole nitrogens is 1. The summed E-state index contributed by atoms with van der Waals surface area (Å²) in [5.41, 5.74) is 1.36. The van der Waals surface area contributed by atoms with Crippen LogP contribution in [0, 0.1) is 0 Å². The lowest BCUT2D eigenvalue weighted by Crippen LogP contribution is -2.45. The van der Waals surface area contributed by atoms with Crippen LogP contribution in [0.2, 0.25) is 0 Å². The summed E-state index contributed by atoms with van der Waals surface area (Å²) in [6.45, 7) is 2.70. The summed E-state index contributed by atoms with van der Waals surface area (Å²) in [5, 5.41) is 0.815. The van der Waals surface area contributed by atoms with Crippen LogP contribution in [0.15, 0.2) is 30.5 Å². The van der Waals surface area contributed by atoms with E-state index in [0.717, 1.165) is 30.2 Å². The van der Waals surface area contributed by atoms with Gasteiger partial charge >= 0.3 is 0 Å². The summed E-state index contributed by atoms with van der Waals surface area (Å²) in [6.07, 6.45) is 4.73. The van der Waals surface area contributed by atoms with E-state index in [1.54, 1.807) is 11.1 Å². The number of carbonyl (C=O) groups is 2. The Morgan fingerprint density at radius 3 is 2.85 bits per heavy atom. The maximum Gasteiger partial charge on any atom is 0.295 e. The van der Waals surface area contributed by atoms with E-state index in [0.29, 0.717) is 12.1 Å². The molecule has 1 aliphatic rings. The molecular weight excluding hydrogens is 252 g/mol. The monoisotopic (exact) mass is 270 g/mol. The Balaban J connectivity index is 1.90. The van der Waals surface area contributed by atoms with Crippen molar-refractivity contribution in [2.75, 3.05) is 6.54 Å². The number of rotatable bonds is 2. The summed E-state index contributed by atoms with van der Waals surface area (Å²) in [6, 6.07) is 7.71. The topological polar surface area (TPSA) is 53.2 Å². The van der Waals surface area contributed by atoms with Gasteiger partial charge in [0.15, 0.2) is 0 Å². The molecule has 1 amide bonds. The highest BCUT2D eigenvalue weighted by molar-refractivity contribution is 6.44. The number of nitrogens with one attached hydrogen (secondary N) is 1. The number of hydrogen-bond acceptors (Lipinski definition) is 2. The van der Waals surface area contributed by atoms with Crippen molar-refractivity contribution in [3.63, 3.8) is 0 Å². The fraction of sp³-hybridized carbons (Fsp3) is 0.375. The van der Waals surface area contributed by atoms with Gasteiger partial charge in [-0.1, -0.05) is 18.2 Å². The smallest absolute Gasteiger partial charge is 0.295 e. The van der Waals surface area contributed by atoms with E-state index < -0.39 is 5.78 Å². The summed E-state index contributed by atoms with van der Waals surface area (Å²) in [5.74, 6) is -0.779. The Labute approximate surface area is 117 Å². The number of likely N-dealkylation sites (tertiary alicyclic amines) is 1. The molecule has 20 heavy (non-hydrogen) atoms. The molecular formula is C16H18N2O2. The van der Waals surface area contributed by atoms with Gasteiger partial charge in [-0.3, -0.25) is 9.59 Å². The normalized spacial score (nSPS) is 19.2. The number of aromatic amines is 1. The van der Waals surface area contributed by atoms with Crippen molar-refractivity contribution in [2.45, 2.75) is 32.2 Å². The number of amides is 1. The number of ketones is 1. The number of fused-ring (bicyclic) bond motifs is 1. The molecule has 1 saturated heterocycles. The predicted octanol–water partition coefficient (Wildman–Crippen LogP) is 2.75. The van der Waals surface area contributed by atoms with Gasteiger partial charge in [0.1, 0.15) is 0 Å². The van der Waals surface area contributed by atoms with Gasteiger partial charge in [-0.15, -0.1) is 0 Å². The van der Waals surface area contributed by atoms with E-state index in [2.05, 4.69) is 4.98 Å². The van der Waals surface area contributed by atoms with E-state index in [4.69, 9.17) is 0 Å². The molecule has 1 fully saturated rings. The van der Waals surface area contributed by atoms with Gasteiger partial charge in [0.2, 0.25) is 0 Å². The largest absolute Gasteiger partial charge is 0.360 e. The third kappa shape index (κ3) is 2.11. The Morgan fingerprint density at radius 2 is 2.05 bits per heavy atom. The quantitative estimate of drug-likeness (QED) is 0.674. The number of piperidine rings is 1. The standard InChI is InChI=1S/C16H18N2O2/c1-11-6-4-5-9-18(11)16(20)15(19)13-10-17-14-8-3-2-7-12(13)14/h2-3,7-8,10-11,17H,4-6,9H2,1H3. The van der Waals surface area contributed by atoms with Crippen LogP contribution < -0.4 is 0 Å². The molecule has 1 unspecified atom stereocenters. The molecule has 2 aromatic rings. The summed E-state index contributed by atoms with van der Waals surface area (Å²) in [4.78, 5) is 29.6. The molecule has 0 aliphatic carbocycles. The molecule has 0 bridgehead atoms. The van der Waals surface area contributed by atoms with E-state index in [9.17, 15) is 9.59 Å². The third-order valence-electron chi connectivity index (χ3n) is 4.09. The highest BCUT2D eigenvalue weighted by Gasteiger charge is 2.29. The molecule has 4 nitrogen and oxygen atoms in total. The Bertz CT molecular complexity index is 659. The first-order valence-electron chi connectivity index (χ1n) is 7.10. The van der Waals surface area contributed by atoms with Crippen LogP contribution in [0.4, 0.5) is 0 Å². The average molecular weight is 270 g/mol. The zero-order valence-electron chi connectivity index (χ0n) is 11.6. The second-order valence-electron chi connectivity index (χ2n) is 5.42. The highest BCUT2D eigenvalue weighted by atomic mass is 16.2. The molecule has 1 aromatic carbocycles. The fourth-order valence-corrected chi connectivity index (χ4v) is 2.90. The minimum atomic E-state index is -0.406. The van der Waals surface area contributed by atoms with Gasteiger partial charge in [0.05, 0.1) is 5.56 Å². The Hall–Kier alpha value is -2.10. The summed E-state index contributed by atoms with van der Waals surface area (Å²) >= 11 is 0. The molecule has 1 aromatic heterocycles. The number of nitrogens with zero attached hydrogens (tertiary/aromatic N) is 1. The van der Waals surface area contributed by atoms with Crippen LogP contribution >= 0.6 is 0 Å². The molecule has 0 saturated carbocycles. The summed E-state index contributed by atoms with van der Waals surface area (Å²) in [7, 11) is 0. The fourth-order valence-electron chi connectivity index (χ4n) is 2.90. The molecule has 0 radical (unpaired) electrons. The van der Waals surface area contributed by atoms with Gasteiger partial charge in [-0.2, -0.15) is 0 Å². The van der Waals surface area contributed by atoms with Crippen LogP contribution in [-0.2, 0) is 4.79 Å². The molecule has 104 valence electrons. The third-order valence-corrected chi connectivity index (χ3v) is 4.09. The van der Waals surface area contributed by atoms with Crippen molar-refractivity contribution in [1.29, 1.82) is 0 Å². The van der Waals surface area contributed by atoms with Crippen LogP contribution in [0.25, 0.3) is 10.9 Å². The van der Waals surface area contributed by atoms with Crippen molar-refractivity contribution in [2.24, 2.45) is 0 Å². The minimum Gasteiger partial charge on any atom is -0.360 e. The molecule has 0 spiro atoms. The van der Waals surface area contributed by atoms with Crippen molar-refractivity contribution in [3.8, 4) is 0 Å². The second kappa shape index (κ2) is 5.12. The highest BCUT2D eigenvalue weighted by Crippen LogP contribution is 2.21. The second-order valence-corrected chi connectivity index (χ2v) is 5.42. The first-order chi connectivity index (χ1) is 9.68. The average Bonchev–Trinajstić information content (AvgIpc) is 2.90. The lowest BCUT2D eigenvalue weighted by atomic mass is 10.0. The van der Waals surface area contributed by atoms with Crippen LogP contribution in [0.5, 0.6) is 0 Å². The number of para-hydroxylation sites is 1. The van der Waals surface area contributed by atoms with Gasteiger partial charge in [0.25, 0.3) is 11.7 Å². The molecule has 4 heteroatoms. The zero-order chi connectivity index (χ0) is 14.1.